The van der Waals surface area contributed by atoms with E-state index in [1.54, 1.807) is 36.4 Å². The molecule has 0 fully saturated rings. The van der Waals surface area contributed by atoms with Crippen molar-refractivity contribution in [2.75, 3.05) is 0 Å². The van der Waals surface area contributed by atoms with Crippen LogP contribution in [0, 0.1) is 20.2 Å². The molecule has 0 aliphatic heterocycles. The predicted molar refractivity (Wildman–Crippen MR) is 122 cm³/mol. The number of hydrogen-bond donors (Lipinski definition) is 0. The van der Waals surface area contributed by atoms with Crippen LogP contribution in [0.2, 0.25) is 0 Å². The number of hydrogen-bond acceptors (Lipinski definition) is 4. The van der Waals surface area contributed by atoms with Gasteiger partial charge in [-0.05, 0) is 0 Å². The second kappa shape index (κ2) is 8.91. The van der Waals surface area contributed by atoms with Crippen LogP contribution in [0.5, 0.6) is 0 Å². The average Bonchev–Trinajstić information content (AvgIpc) is 2.80. The molecule has 0 spiro atoms. The van der Waals surface area contributed by atoms with E-state index in [1.165, 1.54) is 12.1 Å². The quantitative estimate of drug-likeness (QED) is 0.234. The van der Waals surface area contributed by atoms with Crippen LogP contribution in [0.25, 0.3) is 22.3 Å². The summed E-state index contributed by atoms with van der Waals surface area (Å²) in [5, 5.41) is 22.5. The van der Waals surface area contributed by atoms with Crippen LogP contribution in [-0.4, -0.2) is 24.8 Å². The van der Waals surface area contributed by atoms with Gasteiger partial charge in [0.25, 0.3) is 0 Å². The zero-order chi connectivity index (χ0) is 21.8. The number of benzene rings is 4. The molecule has 0 amide bonds. The Morgan fingerprint density at radius 1 is 0.516 bits per heavy atom. The second-order valence-electron chi connectivity index (χ2n) is 6.70. The Morgan fingerprint density at radius 3 is 1.23 bits per heavy atom. The summed E-state index contributed by atoms with van der Waals surface area (Å²) in [5.74, 6) is 0. The van der Waals surface area contributed by atoms with Crippen molar-refractivity contribution in [2.45, 2.75) is 0 Å². The predicted octanol–water partition coefficient (Wildman–Crippen LogP) is 4.49. The molecule has 0 unspecified atom stereocenters. The Balaban J connectivity index is 1.53. The molecule has 0 saturated carbocycles. The first-order chi connectivity index (χ1) is 15.0. The summed E-state index contributed by atoms with van der Waals surface area (Å²) in [7, 11) is 0. The molecule has 31 heavy (non-hydrogen) atoms. The van der Waals surface area contributed by atoms with Crippen molar-refractivity contribution < 1.29 is 9.85 Å². The van der Waals surface area contributed by atoms with Crippen molar-refractivity contribution in [3.05, 3.63) is 117 Å². The number of rotatable bonds is 6. The Kier molecular flexibility index (Phi) is 5.89. The Hall–Kier alpha value is -3.80. The summed E-state index contributed by atoms with van der Waals surface area (Å²) in [6.07, 6.45) is 0. The first-order valence-electron chi connectivity index (χ1n) is 9.38. The molecule has 0 N–H and O–H groups in total. The summed E-state index contributed by atoms with van der Waals surface area (Å²) < 4.78 is 2.27. The van der Waals surface area contributed by atoms with E-state index in [2.05, 4.69) is 0 Å². The zero-order valence-electron chi connectivity index (χ0n) is 16.2. The van der Waals surface area contributed by atoms with E-state index < -0.39 is 0 Å². The van der Waals surface area contributed by atoms with Gasteiger partial charge in [-0.15, -0.1) is 0 Å². The maximum atomic E-state index is 11.3. The summed E-state index contributed by atoms with van der Waals surface area (Å²) in [4.78, 5) is 21.8. The van der Waals surface area contributed by atoms with Gasteiger partial charge in [-0.2, -0.15) is 0 Å². The molecule has 0 bridgehead atoms. The van der Waals surface area contributed by atoms with Gasteiger partial charge in [0.2, 0.25) is 0 Å². The molecule has 0 radical (unpaired) electrons. The number of nitro benzene ring substituents is 2. The fourth-order valence-corrected chi connectivity index (χ4v) is 5.01. The van der Waals surface area contributed by atoms with Gasteiger partial charge in [0.15, 0.2) is 0 Å². The van der Waals surface area contributed by atoms with Crippen molar-refractivity contribution >= 4 is 35.3 Å². The minimum atomic E-state index is -0.369. The van der Waals surface area contributed by atoms with Crippen LogP contribution in [0.3, 0.4) is 0 Å². The van der Waals surface area contributed by atoms with Crippen molar-refractivity contribution in [3.8, 4) is 22.3 Å². The van der Waals surface area contributed by atoms with Crippen molar-refractivity contribution in [1.29, 1.82) is 0 Å². The molecule has 0 atom stereocenters. The summed E-state index contributed by atoms with van der Waals surface area (Å²) in [6, 6.07) is 29.0. The van der Waals surface area contributed by atoms with E-state index in [4.69, 9.17) is 0 Å². The molecule has 0 saturated heterocycles. The fraction of sp³-hybridized carbons (Fsp3) is 0. The Labute approximate surface area is 184 Å². The van der Waals surface area contributed by atoms with Gasteiger partial charge >= 0.3 is 185 Å². The summed E-state index contributed by atoms with van der Waals surface area (Å²) in [5.41, 5.74) is 2.98. The Bertz CT molecular complexity index is 1160. The second-order valence-corrected chi connectivity index (χ2v) is 9.11. The fourth-order valence-electron chi connectivity index (χ4n) is 3.30. The number of para-hydroxylation sites is 2. The Morgan fingerprint density at radius 2 is 0.871 bits per heavy atom. The van der Waals surface area contributed by atoms with E-state index in [0.717, 1.165) is 20.1 Å². The van der Waals surface area contributed by atoms with E-state index in [1.807, 2.05) is 48.5 Å². The zero-order valence-corrected chi connectivity index (χ0v) is 17.9. The molecule has 4 aromatic carbocycles. The van der Waals surface area contributed by atoms with Crippen LogP contribution in [0.4, 0.5) is 11.4 Å². The van der Waals surface area contributed by atoms with E-state index in [-0.39, 0.29) is 36.2 Å². The molecule has 4 rings (SSSR count). The standard InChI is InChI=1S/C24H16N2O4Se/c27-25(28)23-7-3-1-5-21(23)17-9-13-19(14-10-17)31-20-15-11-18(12-16-20)22-6-2-4-8-24(22)26(29)30/h1-16H. The van der Waals surface area contributed by atoms with E-state index in [0.29, 0.717) is 11.1 Å². The first-order valence-corrected chi connectivity index (χ1v) is 11.1. The first kappa shape index (κ1) is 20.5. The van der Waals surface area contributed by atoms with Gasteiger partial charge in [-0.25, -0.2) is 0 Å². The van der Waals surface area contributed by atoms with E-state index >= 15 is 0 Å². The normalized spacial score (nSPS) is 10.6. The molecule has 0 heterocycles. The SMILES string of the molecule is O=[N+]([O-])c1ccccc1-c1ccc([Se]c2ccc(-c3ccccc3[N+](=O)[O-])cc2)cc1. The molecule has 0 aromatic heterocycles. The summed E-state index contributed by atoms with van der Waals surface area (Å²) >= 11 is 0.0440. The third-order valence-corrected chi connectivity index (χ3v) is 6.90. The van der Waals surface area contributed by atoms with Gasteiger partial charge < -0.3 is 0 Å². The van der Waals surface area contributed by atoms with Crippen molar-refractivity contribution in [2.24, 2.45) is 0 Å². The third-order valence-electron chi connectivity index (χ3n) is 4.77. The molecular formula is C24H16N2O4Se. The van der Waals surface area contributed by atoms with Crippen LogP contribution in [0.15, 0.2) is 97.1 Å². The van der Waals surface area contributed by atoms with Crippen molar-refractivity contribution in [1.82, 2.24) is 0 Å². The molecule has 6 nitrogen and oxygen atoms in total. The van der Waals surface area contributed by atoms with Crippen LogP contribution in [-0.2, 0) is 0 Å². The van der Waals surface area contributed by atoms with Gasteiger partial charge in [-0.1, -0.05) is 0 Å². The summed E-state index contributed by atoms with van der Waals surface area (Å²) in [6.45, 7) is 0. The number of nitrogens with zero attached hydrogens (tertiary/aromatic N) is 2. The van der Waals surface area contributed by atoms with Crippen LogP contribution < -0.4 is 8.92 Å². The van der Waals surface area contributed by atoms with Crippen LogP contribution >= 0.6 is 0 Å². The maximum absolute atomic E-state index is 11.3. The third kappa shape index (κ3) is 4.53. The molecular weight excluding hydrogens is 459 g/mol. The monoisotopic (exact) mass is 476 g/mol. The minimum absolute atomic E-state index is 0.0440. The molecule has 152 valence electrons. The van der Waals surface area contributed by atoms with Crippen molar-refractivity contribution in [3.63, 3.8) is 0 Å². The average molecular weight is 475 g/mol. The topological polar surface area (TPSA) is 86.3 Å². The molecule has 4 aromatic rings. The van der Waals surface area contributed by atoms with Gasteiger partial charge in [0.05, 0.1) is 0 Å². The number of nitro groups is 2. The molecule has 7 heteroatoms. The molecule has 0 aliphatic rings. The van der Waals surface area contributed by atoms with Gasteiger partial charge in [0.1, 0.15) is 0 Å². The van der Waals surface area contributed by atoms with E-state index in [9.17, 15) is 20.2 Å². The van der Waals surface area contributed by atoms with Gasteiger partial charge in [-0.3, -0.25) is 0 Å². The molecule has 0 aliphatic carbocycles. The van der Waals surface area contributed by atoms with Crippen LogP contribution in [0.1, 0.15) is 0 Å². The van der Waals surface area contributed by atoms with Gasteiger partial charge in [0, 0.05) is 0 Å².